The van der Waals surface area contributed by atoms with Crippen molar-refractivity contribution >= 4 is 11.9 Å². The lowest BCUT2D eigenvalue weighted by molar-refractivity contribution is -0.269. The molecule has 0 radical (unpaired) electrons. The highest BCUT2D eigenvalue weighted by Gasteiger charge is 2.72. The van der Waals surface area contributed by atoms with Gasteiger partial charge < -0.3 is 25.1 Å². The molecule has 0 aromatic rings. The van der Waals surface area contributed by atoms with Gasteiger partial charge >= 0.3 is 11.9 Å². The summed E-state index contributed by atoms with van der Waals surface area (Å²) in [6.45, 7) is 25.3. The third kappa shape index (κ3) is 4.98. The largest absolute Gasteiger partial charge is 0.481 e. The third-order valence-corrected chi connectivity index (χ3v) is 15.3. The second-order valence-corrected chi connectivity index (χ2v) is 18.1. The fourth-order valence-electron chi connectivity index (χ4n) is 11.6. The van der Waals surface area contributed by atoms with E-state index < -0.39 is 23.5 Å². The molecule has 4 fully saturated rings. The van der Waals surface area contributed by atoms with Crippen molar-refractivity contribution in [3.05, 3.63) is 11.6 Å². The Morgan fingerprint density at radius 2 is 1.73 bits per heavy atom. The summed E-state index contributed by atoms with van der Waals surface area (Å²) in [6, 6.07) is 0. The molecule has 45 heavy (non-hydrogen) atoms. The smallest absolute Gasteiger partial charge is 0.307 e. The van der Waals surface area contributed by atoms with Crippen LogP contribution in [0.3, 0.4) is 0 Å². The monoisotopic (exact) mass is 629 g/mol. The van der Waals surface area contributed by atoms with Crippen molar-refractivity contribution in [1.82, 2.24) is 0 Å². The lowest BCUT2D eigenvalue weighted by Crippen LogP contribution is -2.70. The quantitative estimate of drug-likeness (QED) is 0.215. The molecule has 5 aliphatic rings. The standard InChI is InChI=1S/C38H63NO6/c1-22(2)24(5)33(7)16-17-35(9)26-12-13-29-34(8)19-43-21-38(29,27(26)14-15-36(35,10)30(33)32(41)42)18-28(45-25(6)40)31(34)44-20-37(11,39)23(3)4/h14,22-24,26,28-31H,12-13,15-21,39H2,1-11H3,(H,41,42)/t24-,26+,28-,29+,30-,31+,33-,34?,35-,36+,37-,38+/m1/s1. The summed E-state index contributed by atoms with van der Waals surface area (Å²) in [6.07, 6.45) is 7.15. The molecule has 3 N–H and O–H groups in total. The number of carboxylic acid groups (broad SMARTS) is 1. The first kappa shape index (κ1) is 34.9. The average Bonchev–Trinajstić information content (AvgIpc) is 2.92. The van der Waals surface area contributed by atoms with Gasteiger partial charge in [0.1, 0.15) is 12.2 Å². The first-order valence-corrected chi connectivity index (χ1v) is 17.8. The Morgan fingerprint density at radius 1 is 1.07 bits per heavy atom. The molecular weight excluding hydrogens is 566 g/mol. The van der Waals surface area contributed by atoms with Crippen molar-refractivity contribution in [1.29, 1.82) is 0 Å². The van der Waals surface area contributed by atoms with Gasteiger partial charge in [0.15, 0.2) is 0 Å². The number of hydrogen-bond donors (Lipinski definition) is 2. The van der Waals surface area contributed by atoms with Gasteiger partial charge in [0.05, 0.1) is 25.7 Å². The number of ether oxygens (including phenoxy) is 3. The molecule has 2 bridgehead atoms. The maximum absolute atomic E-state index is 13.3. The minimum atomic E-state index is -0.642. The van der Waals surface area contributed by atoms with Crippen LogP contribution in [0.2, 0.25) is 0 Å². The van der Waals surface area contributed by atoms with Crippen LogP contribution in [0.5, 0.6) is 0 Å². The highest BCUT2D eigenvalue weighted by atomic mass is 16.6. The zero-order chi connectivity index (χ0) is 33.5. The Morgan fingerprint density at radius 3 is 2.31 bits per heavy atom. The second-order valence-electron chi connectivity index (χ2n) is 18.1. The van der Waals surface area contributed by atoms with Gasteiger partial charge in [0, 0.05) is 23.3 Å². The van der Waals surface area contributed by atoms with E-state index in [-0.39, 0.29) is 51.0 Å². The minimum Gasteiger partial charge on any atom is -0.481 e. The third-order valence-electron chi connectivity index (χ3n) is 15.3. The number of esters is 1. The highest BCUT2D eigenvalue weighted by molar-refractivity contribution is 5.73. The molecule has 7 nitrogen and oxygen atoms in total. The lowest BCUT2D eigenvalue weighted by atomic mass is 9.34. The van der Waals surface area contributed by atoms with E-state index in [1.165, 1.54) is 12.5 Å². The molecule has 4 aliphatic carbocycles. The number of allylic oxidation sites excluding steroid dienone is 1. The zero-order valence-electron chi connectivity index (χ0n) is 30.1. The minimum absolute atomic E-state index is 0.160. The molecule has 3 saturated carbocycles. The fraction of sp³-hybridized carbons (Fsp3) is 0.895. The summed E-state index contributed by atoms with van der Waals surface area (Å²) in [5.41, 5.74) is 6.19. The van der Waals surface area contributed by atoms with Gasteiger partial charge in [-0.2, -0.15) is 0 Å². The molecule has 1 saturated heterocycles. The summed E-state index contributed by atoms with van der Waals surface area (Å²) >= 11 is 0. The van der Waals surface area contributed by atoms with Gasteiger partial charge in [0.25, 0.3) is 0 Å². The molecule has 0 aromatic heterocycles. The van der Waals surface area contributed by atoms with Crippen molar-refractivity contribution < 1.29 is 28.9 Å². The molecule has 0 spiro atoms. The van der Waals surface area contributed by atoms with Gasteiger partial charge in [-0.05, 0) is 91.3 Å². The number of carboxylic acids is 1. The maximum Gasteiger partial charge on any atom is 0.307 e. The molecular formula is C38H63NO6. The first-order chi connectivity index (χ1) is 20.7. The van der Waals surface area contributed by atoms with Crippen LogP contribution in [0, 0.1) is 62.6 Å². The number of nitrogens with two attached hydrogens (primary N) is 1. The zero-order valence-corrected chi connectivity index (χ0v) is 30.1. The maximum atomic E-state index is 13.3. The van der Waals surface area contributed by atoms with Gasteiger partial charge in [-0.25, -0.2) is 0 Å². The van der Waals surface area contributed by atoms with E-state index in [9.17, 15) is 14.7 Å². The van der Waals surface area contributed by atoms with Gasteiger partial charge in [-0.15, -0.1) is 0 Å². The van der Waals surface area contributed by atoms with E-state index in [0.29, 0.717) is 44.0 Å². The van der Waals surface area contributed by atoms with E-state index in [2.05, 4.69) is 68.4 Å². The van der Waals surface area contributed by atoms with Gasteiger partial charge in [-0.3, -0.25) is 9.59 Å². The Balaban J connectivity index is 1.58. The van der Waals surface area contributed by atoms with E-state index in [4.69, 9.17) is 19.9 Å². The molecule has 12 atom stereocenters. The molecule has 256 valence electrons. The van der Waals surface area contributed by atoms with Crippen LogP contribution in [0.1, 0.15) is 115 Å². The van der Waals surface area contributed by atoms with Crippen molar-refractivity contribution in [3.63, 3.8) is 0 Å². The predicted octanol–water partition coefficient (Wildman–Crippen LogP) is 7.27. The van der Waals surface area contributed by atoms with E-state index in [0.717, 1.165) is 32.1 Å². The van der Waals surface area contributed by atoms with Crippen LogP contribution in [0.4, 0.5) is 0 Å². The molecule has 1 unspecified atom stereocenters. The molecule has 0 aromatic carbocycles. The second kappa shape index (κ2) is 11.3. The summed E-state index contributed by atoms with van der Waals surface area (Å²) in [7, 11) is 0. The SMILES string of the molecule is CC(=O)O[C@@H]1C[C@@]23COCC(C)([C@H]1OC[C@@](C)(N)C(C)C)[C@@H]2CC[C@H]1C3=CC[C@@]2(C)[C@H](C(=O)O)[C@@](C)([C@H](C)C(C)C)CC[C@]12C. The van der Waals surface area contributed by atoms with Crippen molar-refractivity contribution in [2.45, 2.75) is 132 Å². The van der Waals surface area contributed by atoms with E-state index in [1.54, 1.807) is 0 Å². The van der Waals surface area contributed by atoms with Crippen LogP contribution in [0.15, 0.2) is 11.6 Å². The van der Waals surface area contributed by atoms with Gasteiger partial charge in [-0.1, -0.05) is 74.0 Å². The summed E-state index contributed by atoms with van der Waals surface area (Å²) in [4.78, 5) is 25.9. The van der Waals surface area contributed by atoms with Crippen molar-refractivity contribution in [3.8, 4) is 0 Å². The normalized spacial score (nSPS) is 46.3. The number of carbonyl (C=O) groups excluding carboxylic acids is 1. The van der Waals surface area contributed by atoms with E-state index in [1.807, 2.05) is 6.92 Å². The molecule has 5 rings (SSSR count). The van der Waals surface area contributed by atoms with E-state index >= 15 is 0 Å². The Bertz CT molecular complexity index is 1210. The fourth-order valence-corrected chi connectivity index (χ4v) is 11.6. The number of fused-ring (bicyclic) bond motifs is 3. The molecule has 0 amide bonds. The highest BCUT2D eigenvalue weighted by Crippen LogP contribution is 2.75. The Kier molecular flexibility index (Phi) is 8.78. The summed E-state index contributed by atoms with van der Waals surface area (Å²) in [5.74, 6) is 0.184. The predicted molar refractivity (Wildman–Crippen MR) is 176 cm³/mol. The summed E-state index contributed by atoms with van der Waals surface area (Å²) in [5, 5.41) is 11.0. The topological polar surface area (TPSA) is 108 Å². The molecule has 7 heteroatoms. The number of aliphatic carboxylic acids is 1. The van der Waals surface area contributed by atoms with Crippen LogP contribution < -0.4 is 5.73 Å². The Labute approximate surface area is 272 Å². The lowest BCUT2D eigenvalue weighted by Gasteiger charge is -2.71. The number of hydrogen-bond acceptors (Lipinski definition) is 6. The number of carbonyl (C=O) groups is 2. The first-order valence-electron chi connectivity index (χ1n) is 17.8. The van der Waals surface area contributed by atoms with Crippen LogP contribution in [-0.4, -0.2) is 54.6 Å². The average molecular weight is 630 g/mol. The molecule has 1 heterocycles. The van der Waals surface area contributed by atoms with Crippen LogP contribution in [0.25, 0.3) is 0 Å². The van der Waals surface area contributed by atoms with Gasteiger partial charge in [0.2, 0.25) is 0 Å². The van der Waals surface area contributed by atoms with Crippen molar-refractivity contribution in [2.24, 2.45) is 68.3 Å². The number of rotatable bonds is 8. The van der Waals surface area contributed by atoms with Crippen molar-refractivity contribution in [2.75, 3.05) is 19.8 Å². The van der Waals surface area contributed by atoms with Crippen LogP contribution in [-0.2, 0) is 23.8 Å². The summed E-state index contributed by atoms with van der Waals surface area (Å²) < 4.78 is 19.5. The molecule has 1 aliphatic heterocycles. The van der Waals surface area contributed by atoms with Crippen LogP contribution >= 0.6 is 0 Å². The Hall–Kier alpha value is -1.44.